The lowest BCUT2D eigenvalue weighted by Gasteiger charge is -2.40. The van der Waals surface area contributed by atoms with Gasteiger partial charge in [0.05, 0.1) is 5.52 Å². The number of piperidine rings is 1. The van der Waals surface area contributed by atoms with Crippen molar-refractivity contribution >= 4 is 22.3 Å². The number of rotatable bonds is 8. The average Bonchev–Trinajstić information content (AvgIpc) is 2.90. The maximum absolute atomic E-state index is 10.6. The lowest BCUT2D eigenvalue weighted by atomic mass is 10.0. The van der Waals surface area contributed by atoms with Crippen LogP contribution in [0.15, 0.2) is 97.1 Å². The molecule has 174 valence electrons. The van der Waals surface area contributed by atoms with E-state index in [-0.39, 0.29) is 6.61 Å². The molecular formula is C29H31N3O2. The van der Waals surface area contributed by atoms with Gasteiger partial charge in [-0.3, -0.25) is 0 Å². The highest BCUT2D eigenvalue weighted by atomic mass is 16.5. The number of para-hydroxylation sites is 3. The number of likely N-dealkylation sites (tertiary alicyclic amines) is 1. The number of fused-ring (bicyclic) bond motifs is 1. The van der Waals surface area contributed by atoms with Crippen LogP contribution in [0.4, 0.5) is 11.4 Å². The number of nitrogens with zero attached hydrogens (tertiary/aromatic N) is 3. The van der Waals surface area contributed by atoms with Crippen LogP contribution in [0.25, 0.3) is 10.9 Å². The maximum Gasteiger partial charge on any atom is 0.213 e. The van der Waals surface area contributed by atoms with Crippen molar-refractivity contribution in [3.63, 3.8) is 0 Å². The fourth-order valence-electron chi connectivity index (χ4n) is 4.77. The van der Waals surface area contributed by atoms with Crippen LogP contribution < -0.4 is 9.64 Å². The van der Waals surface area contributed by atoms with Gasteiger partial charge in [0.2, 0.25) is 5.88 Å². The summed E-state index contributed by atoms with van der Waals surface area (Å²) in [5.41, 5.74) is 3.35. The van der Waals surface area contributed by atoms with E-state index in [0.717, 1.165) is 36.8 Å². The normalized spacial score (nSPS) is 15.8. The molecule has 1 unspecified atom stereocenters. The lowest BCUT2D eigenvalue weighted by molar-refractivity contribution is 0.0584. The van der Waals surface area contributed by atoms with Crippen molar-refractivity contribution < 1.29 is 9.84 Å². The Kier molecular flexibility index (Phi) is 7.03. The van der Waals surface area contributed by atoms with Crippen LogP contribution in [0.1, 0.15) is 12.8 Å². The minimum Gasteiger partial charge on any atom is -0.475 e. The Morgan fingerprint density at radius 1 is 0.824 bits per heavy atom. The molecule has 34 heavy (non-hydrogen) atoms. The molecule has 4 aromatic rings. The minimum absolute atomic E-state index is 0.241. The second kappa shape index (κ2) is 10.7. The molecule has 0 bridgehead atoms. The van der Waals surface area contributed by atoms with Crippen molar-refractivity contribution in [2.75, 3.05) is 31.1 Å². The number of aliphatic hydroxyl groups excluding tert-OH is 1. The van der Waals surface area contributed by atoms with Crippen molar-refractivity contribution in [3.05, 3.63) is 97.1 Å². The molecule has 5 rings (SSSR count). The van der Waals surface area contributed by atoms with Gasteiger partial charge in [-0.1, -0.05) is 54.6 Å². The molecule has 1 aliphatic rings. The van der Waals surface area contributed by atoms with Crippen LogP contribution in [0.3, 0.4) is 0 Å². The van der Waals surface area contributed by atoms with Gasteiger partial charge in [-0.25, -0.2) is 4.98 Å². The van der Waals surface area contributed by atoms with Gasteiger partial charge in [0, 0.05) is 48.5 Å². The molecule has 1 aromatic heterocycles. The molecule has 1 aliphatic heterocycles. The first-order valence-electron chi connectivity index (χ1n) is 12.0. The Labute approximate surface area is 201 Å². The fraction of sp³-hybridized carbons (Fsp3) is 0.276. The van der Waals surface area contributed by atoms with Crippen LogP contribution in [-0.2, 0) is 0 Å². The summed E-state index contributed by atoms with van der Waals surface area (Å²) in [6, 6.07) is 33.5. The molecule has 5 heteroatoms. The SMILES string of the molecule is OC(COc1ccc2ccccc2n1)CN1CCC(N(c2ccccc2)c2ccccc2)CC1. The Bertz CT molecular complexity index is 1140. The van der Waals surface area contributed by atoms with Gasteiger partial charge in [-0.05, 0) is 49.2 Å². The van der Waals surface area contributed by atoms with E-state index in [1.54, 1.807) is 0 Å². The summed E-state index contributed by atoms with van der Waals surface area (Å²) in [5.74, 6) is 0.554. The van der Waals surface area contributed by atoms with Crippen molar-refractivity contribution in [1.29, 1.82) is 0 Å². The number of ether oxygens (including phenoxy) is 1. The Balaban J connectivity index is 1.15. The number of pyridine rings is 1. The second-order valence-corrected chi connectivity index (χ2v) is 8.88. The highest BCUT2D eigenvalue weighted by molar-refractivity contribution is 5.78. The van der Waals surface area contributed by atoms with E-state index in [2.05, 4.69) is 75.4 Å². The third-order valence-electron chi connectivity index (χ3n) is 6.46. The van der Waals surface area contributed by atoms with Crippen LogP contribution in [0.2, 0.25) is 0 Å². The molecule has 1 atom stereocenters. The maximum atomic E-state index is 10.6. The van der Waals surface area contributed by atoms with Crippen LogP contribution in [0.5, 0.6) is 5.88 Å². The number of benzene rings is 3. The van der Waals surface area contributed by atoms with Gasteiger partial charge >= 0.3 is 0 Å². The second-order valence-electron chi connectivity index (χ2n) is 8.88. The van der Waals surface area contributed by atoms with Crippen molar-refractivity contribution in [2.45, 2.75) is 25.0 Å². The summed E-state index contributed by atoms with van der Waals surface area (Å²) in [6.07, 6.45) is 1.54. The predicted octanol–water partition coefficient (Wildman–Crippen LogP) is 5.28. The number of aromatic nitrogens is 1. The number of anilines is 2. The van der Waals surface area contributed by atoms with E-state index < -0.39 is 6.10 Å². The number of hydrogen-bond acceptors (Lipinski definition) is 5. The molecule has 1 fully saturated rings. The molecule has 5 nitrogen and oxygen atoms in total. The zero-order valence-corrected chi connectivity index (χ0v) is 19.3. The topological polar surface area (TPSA) is 48.8 Å². The molecule has 0 aliphatic carbocycles. The third-order valence-corrected chi connectivity index (χ3v) is 6.46. The van der Waals surface area contributed by atoms with Crippen LogP contribution >= 0.6 is 0 Å². The highest BCUT2D eigenvalue weighted by Gasteiger charge is 2.27. The first-order valence-corrected chi connectivity index (χ1v) is 12.0. The van der Waals surface area contributed by atoms with Gasteiger partial charge in [-0.15, -0.1) is 0 Å². The Hall–Kier alpha value is -3.41. The zero-order valence-electron chi connectivity index (χ0n) is 19.3. The van der Waals surface area contributed by atoms with Crippen molar-refractivity contribution in [3.8, 4) is 5.88 Å². The van der Waals surface area contributed by atoms with Crippen molar-refractivity contribution in [1.82, 2.24) is 9.88 Å². The highest BCUT2D eigenvalue weighted by Crippen LogP contribution is 2.31. The summed E-state index contributed by atoms with van der Waals surface area (Å²) in [4.78, 5) is 9.33. The molecule has 1 N–H and O–H groups in total. The first-order chi connectivity index (χ1) is 16.8. The smallest absolute Gasteiger partial charge is 0.213 e. The van der Waals surface area contributed by atoms with Gasteiger partial charge in [0.1, 0.15) is 12.7 Å². The third kappa shape index (κ3) is 5.38. The summed E-state index contributed by atoms with van der Waals surface area (Å²) in [5, 5.41) is 11.7. The minimum atomic E-state index is -0.552. The van der Waals surface area contributed by atoms with E-state index >= 15 is 0 Å². The Morgan fingerprint density at radius 2 is 1.44 bits per heavy atom. The number of hydrogen-bond donors (Lipinski definition) is 1. The molecule has 0 saturated carbocycles. The largest absolute Gasteiger partial charge is 0.475 e. The summed E-state index contributed by atoms with van der Waals surface area (Å²) < 4.78 is 5.80. The Morgan fingerprint density at radius 3 is 2.12 bits per heavy atom. The zero-order chi connectivity index (χ0) is 23.2. The molecule has 0 spiro atoms. The molecule has 1 saturated heterocycles. The monoisotopic (exact) mass is 453 g/mol. The quantitative estimate of drug-likeness (QED) is 0.394. The number of aliphatic hydroxyl groups is 1. The van der Waals surface area contributed by atoms with E-state index in [9.17, 15) is 5.11 Å². The fourth-order valence-corrected chi connectivity index (χ4v) is 4.77. The lowest BCUT2D eigenvalue weighted by Crippen LogP contribution is -2.46. The molecular weight excluding hydrogens is 422 g/mol. The van der Waals surface area contributed by atoms with E-state index in [1.165, 1.54) is 11.4 Å². The van der Waals surface area contributed by atoms with Crippen LogP contribution in [0, 0.1) is 0 Å². The summed E-state index contributed by atoms with van der Waals surface area (Å²) in [6.45, 7) is 2.75. The molecule has 3 aromatic carbocycles. The van der Waals surface area contributed by atoms with Gasteiger partial charge in [0.15, 0.2) is 0 Å². The van der Waals surface area contributed by atoms with E-state index in [0.29, 0.717) is 18.5 Å². The number of β-amino-alcohol motifs (C(OH)–C–C–N with tert-alkyl or cyclic N) is 1. The van der Waals surface area contributed by atoms with Crippen LogP contribution in [-0.4, -0.2) is 53.4 Å². The van der Waals surface area contributed by atoms with Gasteiger partial charge in [0.25, 0.3) is 0 Å². The first kappa shape index (κ1) is 22.4. The molecule has 2 heterocycles. The van der Waals surface area contributed by atoms with E-state index in [1.807, 2.05) is 36.4 Å². The summed E-state index contributed by atoms with van der Waals surface area (Å²) >= 11 is 0. The molecule has 0 amide bonds. The molecule has 0 radical (unpaired) electrons. The van der Waals surface area contributed by atoms with E-state index in [4.69, 9.17) is 4.74 Å². The van der Waals surface area contributed by atoms with Gasteiger partial charge in [-0.2, -0.15) is 0 Å². The average molecular weight is 454 g/mol. The summed E-state index contributed by atoms with van der Waals surface area (Å²) in [7, 11) is 0. The predicted molar refractivity (Wildman–Crippen MR) is 138 cm³/mol. The van der Waals surface area contributed by atoms with Gasteiger partial charge < -0.3 is 19.6 Å². The standard InChI is InChI=1S/C29H31N3O2/c33-27(22-34-29-16-15-23-9-7-8-14-28(23)30-29)21-31-19-17-26(18-20-31)32(24-10-3-1-4-11-24)25-12-5-2-6-13-25/h1-16,26-27,33H,17-22H2. The van der Waals surface area contributed by atoms with Crippen molar-refractivity contribution in [2.24, 2.45) is 0 Å².